The molecule has 0 aliphatic carbocycles. The second-order valence-corrected chi connectivity index (χ2v) is 10.3. The van der Waals surface area contributed by atoms with E-state index in [0.717, 1.165) is 9.87 Å². The molecular weight excluding hydrogens is 499 g/mol. The highest BCUT2D eigenvalue weighted by atomic mass is 32.2. The van der Waals surface area contributed by atoms with Crippen LogP contribution in [0.2, 0.25) is 0 Å². The Bertz CT molecular complexity index is 1170. The van der Waals surface area contributed by atoms with E-state index in [1.165, 1.54) is 0 Å². The fraction of sp³-hybridized carbons (Fsp3) is 0.435. The van der Waals surface area contributed by atoms with Gasteiger partial charge in [-0.15, -0.1) is 0 Å². The Kier molecular flexibility index (Phi) is 9.40. The zero-order chi connectivity index (χ0) is 26.3. The Labute approximate surface area is 210 Å². The van der Waals surface area contributed by atoms with E-state index in [0.29, 0.717) is 25.0 Å². The maximum absolute atomic E-state index is 14.1. The van der Waals surface area contributed by atoms with E-state index in [1.807, 2.05) is 6.92 Å². The molecule has 13 heteroatoms. The number of carbonyl (C=O) groups excluding carboxylic acids is 2. The number of aromatic nitrogens is 1. The average Bonchev–Trinajstić information content (AvgIpc) is 2.85. The number of benzene rings is 1. The summed E-state index contributed by atoms with van der Waals surface area (Å²) in [5, 5.41) is 8.26. The van der Waals surface area contributed by atoms with Crippen LogP contribution >= 0.6 is 0 Å². The highest BCUT2D eigenvalue weighted by Gasteiger charge is 2.38. The minimum atomic E-state index is -4.38. The third-order valence-electron chi connectivity index (χ3n) is 5.69. The summed E-state index contributed by atoms with van der Waals surface area (Å²) < 4.78 is 68.4. The number of hydrogen-bond acceptors (Lipinski definition) is 6. The maximum atomic E-state index is 14.1. The number of pyridine rings is 1. The molecule has 2 amide bonds. The van der Waals surface area contributed by atoms with Crippen LogP contribution in [0.3, 0.4) is 0 Å². The van der Waals surface area contributed by atoms with Gasteiger partial charge in [0, 0.05) is 59.1 Å². The van der Waals surface area contributed by atoms with E-state index in [4.69, 9.17) is 0 Å². The summed E-state index contributed by atoms with van der Waals surface area (Å²) >= 11 is 0. The van der Waals surface area contributed by atoms with Crippen LogP contribution in [0.1, 0.15) is 33.7 Å². The average molecular weight is 532 g/mol. The van der Waals surface area contributed by atoms with Crippen LogP contribution in [0.15, 0.2) is 36.7 Å². The van der Waals surface area contributed by atoms with Crippen molar-refractivity contribution in [1.29, 1.82) is 0 Å². The number of hydrogen-bond donors (Lipinski definition) is 3. The fourth-order valence-electron chi connectivity index (χ4n) is 3.86. The van der Waals surface area contributed by atoms with Gasteiger partial charge in [0.05, 0.1) is 5.75 Å². The lowest BCUT2D eigenvalue weighted by atomic mass is 10.1. The number of carbonyl (C=O) groups is 2. The molecule has 2 heterocycles. The van der Waals surface area contributed by atoms with Crippen LogP contribution < -0.4 is 16.0 Å². The Hall–Kier alpha value is -3.03. The summed E-state index contributed by atoms with van der Waals surface area (Å²) in [6.07, 6.45) is 4.07. The second kappa shape index (κ2) is 12.3. The van der Waals surface area contributed by atoms with Crippen molar-refractivity contribution in [3.05, 3.63) is 65.2 Å². The second-order valence-electron chi connectivity index (χ2n) is 8.36. The third kappa shape index (κ3) is 7.02. The van der Waals surface area contributed by atoms with Crippen molar-refractivity contribution in [2.24, 2.45) is 0 Å². The third-order valence-corrected chi connectivity index (χ3v) is 7.49. The first kappa shape index (κ1) is 27.6. The monoisotopic (exact) mass is 531 g/mol. The van der Waals surface area contributed by atoms with E-state index < -0.39 is 62.7 Å². The van der Waals surface area contributed by atoms with E-state index >= 15 is 0 Å². The van der Waals surface area contributed by atoms with E-state index in [-0.39, 0.29) is 29.0 Å². The smallest absolute Gasteiger partial charge is 0.242 e. The molecular formula is C23H32F3N5O4S. The Morgan fingerprint density at radius 2 is 2.00 bits per heavy atom. The van der Waals surface area contributed by atoms with Crippen molar-refractivity contribution in [1.82, 2.24) is 25.2 Å². The first-order valence-electron chi connectivity index (χ1n) is 11.4. The minimum Gasteiger partial charge on any atom is -0.350 e. The summed E-state index contributed by atoms with van der Waals surface area (Å²) in [6.45, 7) is 2.05. The molecule has 3 N–H and O–H groups in total. The summed E-state index contributed by atoms with van der Waals surface area (Å²) in [5.74, 6) is -6.09. The number of nitrogens with one attached hydrogen (secondary N) is 3. The molecule has 200 valence electrons. The SMILES string of the molecule is CCCC(NC(=O)C1CNCCN1S(=O)(=O)Cc1c(F)cc(F)cc1F)C(=O)NCc1cccnc1.[HH].[HH]. The number of halogens is 3. The molecule has 1 aromatic heterocycles. The van der Waals surface area contributed by atoms with Crippen LogP contribution in [0, 0.1) is 17.5 Å². The normalized spacial score (nSPS) is 17.4. The van der Waals surface area contributed by atoms with Crippen molar-refractivity contribution in [3.8, 4) is 0 Å². The van der Waals surface area contributed by atoms with Gasteiger partial charge in [0.1, 0.15) is 29.5 Å². The largest absolute Gasteiger partial charge is 0.350 e. The molecule has 2 atom stereocenters. The molecule has 9 nitrogen and oxygen atoms in total. The number of piperazine rings is 1. The molecule has 0 bridgehead atoms. The lowest BCUT2D eigenvalue weighted by molar-refractivity contribution is -0.131. The van der Waals surface area contributed by atoms with Gasteiger partial charge in [-0.2, -0.15) is 4.31 Å². The van der Waals surface area contributed by atoms with Gasteiger partial charge in [0.25, 0.3) is 0 Å². The highest BCUT2D eigenvalue weighted by molar-refractivity contribution is 7.88. The quantitative estimate of drug-likeness (QED) is 0.429. The zero-order valence-electron chi connectivity index (χ0n) is 19.6. The summed E-state index contributed by atoms with van der Waals surface area (Å²) in [6, 6.07) is 2.13. The lowest BCUT2D eigenvalue weighted by Crippen LogP contribution is -2.61. The molecule has 1 saturated heterocycles. The van der Waals surface area contributed by atoms with Gasteiger partial charge < -0.3 is 16.0 Å². The van der Waals surface area contributed by atoms with Crippen molar-refractivity contribution in [3.63, 3.8) is 0 Å². The number of nitrogens with zero attached hydrogens (tertiary/aromatic N) is 2. The van der Waals surface area contributed by atoms with E-state index in [2.05, 4.69) is 20.9 Å². The van der Waals surface area contributed by atoms with Crippen LogP contribution in [-0.2, 0) is 31.9 Å². The van der Waals surface area contributed by atoms with Crippen LogP contribution in [0.5, 0.6) is 0 Å². The van der Waals surface area contributed by atoms with Crippen molar-refractivity contribution >= 4 is 21.8 Å². The Morgan fingerprint density at radius 1 is 1.28 bits per heavy atom. The molecule has 1 fully saturated rings. The number of rotatable bonds is 10. The van der Waals surface area contributed by atoms with Gasteiger partial charge in [0.2, 0.25) is 21.8 Å². The summed E-state index contributed by atoms with van der Waals surface area (Å²) in [4.78, 5) is 29.8. The lowest BCUT2D eigenvalue weighted by Gasteiger charge is -2.35. The van der Waals surface area contributed by atoms with Crippen LogP contribution in [0.25, 0.3) is 0 Å². The molecule has 0 spiro atoms. The van der Waals surface area contributed by atoms with Gasteiger partial charge in [0.15, 0.2) is 0 Å². The van der Waals surface area contributed by atoms with Crippen LogP contribution in [-0.4, -0.2) is 61.2 Å². The predicted octanol–water partition coefficient (Wildman–Crippen LogP) is 1.70. The minimum absolute atomic E-state index is 0. The molecule has 2 unspecified atom stereocenters. The predicted molar refractivity (Wildman–Crippen MR) is 129 cm³/mol. The molecule has 2 aromatic rings. The van der Waals surface area contributed by atoms with Crippen molar-refractivity contribution in [2.75, 3.05) is 19.6 Å². The first-order chi connectivity index (χ1) is 17.1. The van der Waals surface area contributed by atoms with E-state index in [1.54, 1.807) is 24.5 Å². The zero-order valence-corrected chi connectivity index (χ0v) is 20.5. The number of sulfonamides is 1. The molecule has 1 aliphatic rings. The van der Waals surface area contributed by atoms with Gasteiger partial charge >= 0.3 is 0 Å². The Morgan fingerprint density at radius 3 is 2.64 bits per heavy atom. The van der Waals surface area contributed by atoms with Crippen molar-refractivity contribution < 1.29 is 34.0 Å². The number of amides is 2. The first-order valence-corrected chi connectivity index (χ1v) is 13.0. The topological polar surface area (TPSA) is 121 Å². The Balaban J connectivity index is 0.00000361. The molecule has 0 saturated carbocycles. The van der Waals surface area contributed by atoms with Gasteiger partial charge in [-0.3, -0.25) is 14.6 Å². The summed E-state index contributed by atoms with van der Waals surface area (Å²) in [7, 11) is -4.38. The molecule has 1 aromatic carbocycles. The molecule has 1 aliphatic heterocycles. The van der Waals surface area contributed by atoms with Crippen LogP contribution in [0.4, 0.5) is 13.2 Å². The maximum Gasteiger partial charge on any atom is 0.242 e. The molecule has 0 radical (unpaired) electrons. The van der Waals surface area contributed by atoms with Gasteiger partial charge in [-0.25, -0.2) is 21.6 Å². The molecule has 3 rings (SSSR count). The summed E-state index contributed by atoms with van der Waals surface area (Å²) in [5.41, 5.74) is -0.0471. The van der Waals surface area contributed by atoms with Gasteiger partial charge in [-0.05, 0) is 18.1 Å². The fourth-order valence-corrected chi connectivity index (χ4v) is 5.59. The standard InChI is InChI=1S/C23H28F3N5O4S.2H2/c1-2-4-20(22(32)29-12-15-5-3-6-27-11-15)30-23(33)21-13-28-7-8-31(21)36(34,35)14-17-18(25)9-16(24)10-19(17)26;;/h3,5-6,9-11,20-21,28H,2,4,7-8,12-14H2,1H3,(H,29,32)(H,30,33);2*1H. The van der Waals surface area contributed by atoms with Gasteiger partial charge in [-0.1, -0.05) is 19.4 Å². The van der Waals surface area contributed by atoms with E-state index in [9.17, 15) is 31.2 Å². The van der Waals surface area contributed by atoms with Crippen molar-refractivity contribution in [2.45, 2.75) is 44.1 Å². The highest BCUT2D eigenvalue weighted by Crippen LogP contribution is 2.21. The molecule has 36 heavy (non-hydrogen) atoms.